The Morgan fingerprint density at radius 2 is 2.16 bits per heavy atom. The summed E-state index contributed by atoms with van der Waals surface area (Å²) >= 11 is 0. The van der Waals surface area contributed by atoms with Gasteiger partial charge in [0.2, 0.25) is 6.79 Å². The fraction of sp³-hybridized carbons (Fsp3) is 0.222. The minimum Gasteiger partial charge on any atom is -0.454 e. The summed E-state index contributed by atoms with van der Waals surface area (Å²) in [5.41, 5.74) is 2.49. The first-order chi connectivity index (χ1) is 12.2. The highest BCUT2D eigenvalue weighted by Crippen LogP contribution is 2.34. The third kappa shape index (κ3) is 2.96. The number of anilines is 1. The van der Waals surface area contributed by atoms with Crippen LogP contribution in [0.4, 0.5) is 10.5 Å². The molecule has 0 unspecified atom stereocenters. The quantitative estimate of drug-likeness (QED) is 0.794. The van der Waals surface area contributed by atoms with Crippen molar-refractivity contribution in [3.05, 3.63) is 54.5 Å². The van der Waals surface area contributed by atoms with Crippen LogP contribution in [0.25, 0.3) is 5.65 Å². The molecule has 4 rings (SSSR count). The van der Waals surface area contributed by atoms with Gasteiger partial charge in [0, 0.05) is 24.5 Å². The minimum atomic E-state index is -0.174. The van der Waals surface area contributed by atoms with E-state index in [2.05, 4.69) is 10.3 Å². The summed E-state index contributed by atoms with van der Waals surface area (Å²) in [5.74, 6) is 1.33. The van der Waals surface area contributed by atoms with Gasteiger partial charge in [0.25, 0.3) is 0 Å². The lowest BCUT2D eigenvalue weighted by Crippen LogP contribution is -2.34. The van der Waals surface area contributed by atoms with Crippen LogP contribution in [0.2, 0.25) is 0 Å². The van der Waals surface area contributed by atoms with Crippen LogP contribution >= 0.6 is 0 Å². The van der Waals surface area contributed by atoms with Gasteiger partial charge in [-0.3, -0.25) is 0 Å². The third-order valence-corrected chi connectivity index (χ3v) is 4.14. The highest BCUT2D eigenvalue weighted by Gasteiger charge is 2.17. The molecule has 7 nitrogen and oxygen atoms in total. The van der Waals surface area contributed by atoms with Gasteiger partial charge in [-0.15, -0.1) is 0 Å². The Morgan fingerprint density at radius 1 is 1.28 bits per heavy atom. The Labute approximate surface area is 144 Å². The Morgan fingerprint density at radius 3 is 3.04 bits per heavy atom. The number of hydrogen-bond acceptors (Lipinski definition) is 4. The van der Waals surface area contributed by atoms with E-state index < -0.39 is 0 Å². The fourth-order valence-electron chi connectivity index (χ4n) is 2.80. The zero-order valence-electron chi connectivity index (χ0n) is 13.8. The van der Waals surface area contributed by atoms with E-state index in [0.717, 1.165) is 11.3 Å². The van der Waals surface area contributed by atoms with E-state index in [1.165, 1.54) is 0 Å². The molecule has 25 heavy (non-hydrogen) atoms. The second-order valence-electron chi connectivity index (χ2n) is 5.69. The highest BCUT2D eigenvalue weighted by molar-refractivity contribution is 5.89. The average molecular weight is 338 g/mol. The molecule has 1 aliphatic rings. The lowest BCUT2D eigenvalue weighted by atomic mass is 10.3. The van der Waals surface area contributed by atoms with Crippen molar-refractivity contribution >= 4 is 17.4 Å². The predicted molar refractivity (Wildman–Crippen MR) is 92.9 cm³/mol. The summed E-state index contributed by atoms with van der Waals surface area (Å²) in [7, 11) is 0. The number of ether oxygens (including phenoxy) is 2. The molecular weight excluding hydrogens is 320 g/mol. The minimum absolute atomic E-state index is 0.174. The van der Waals surface area contributed by atoms with E-state index in [1.807, 2.05) is 35.7 Å². The Kier molecular flexibility index (Phi) is 3.89. The average Bonchev–Trinajstić information content (AvgIpc) is 3.26. The molecule has 0 fully saturated rings. The largest absolute Gasteiger partial charge is 0.454 e. The molecule has 0 bridgehead atoms. The maximum Gasteiger partial charge on any atom is 0.322 e. The number of carbonyl (C=O) groups excluding carboxylic acids is 1. The monoisotopic (exact) mass is 338 g/mol. The van der Waals surface area contributed by atoms with Crippen molar-refractivity contribution in [3.63, 3.8) is 0 Å². The summed E-state index contributed by atoms with van der Waals surface area (Å²) in [4.78, 5) is 18.7. The van der Waals surface area contributed by atoms with Gasteiger partial charge in [-0.25, -0.2) is 9.78 Å². The van der Waals surface area contributed by atoms with Crippen LogP contribution in [-0.4, -0.2) is 33.7 Å². The summed E-state index contributed by atoms with van der Waals surface area (Å²) in [6.07, 6.45) is 3.74. The molecule has 0 atom stereocenters. The van der Waals surface area contributed by atoms with E-state index in [-0.39, 0.29) is 12.8 Å². The van der Waals surface area contributed by atoms with Crippen molar-refractivity contribution in [1.29, 1.82) is 0 Å². The topological polar surface area (TPSA) is 68.1 Å². The van der Waals surface area contributed by atoms with E-state index in [0.29, 0.717) is 30.3 Å². The van der Waals surface area contributed by atoms with E-state index >= 15 is 0 Å². The van der Waals surface area contributed by atoms with Gasteiger partial charge in [-0.1, -0.05) is 6.07 Å². The van der Waals surface area contributed by atoms with Gasteiger partial charge >= 0.3 is 6.03 Å². The van der Waals surface area contributed by atoms with E-state index in [4.69, 9.17) is 9.47 Å². The number of nitrogens with zero attached hydrogens (tertiary/aromatic N) is 3. The molecule has 0 saturated heterocycles. The molecule has 7 heteroatoms. The molecule has 1 aromatic carbocycles. The number of pyridine rings is 1. The Balaban J connectivity index is 1.49. The van der Waals surface area contributed by atoms with Crippen LogP contribution < -0.4 is 14.8 Å². The zero-order chi connectivity index (χ0) is 17.2. The van der Waals surface area contributed by atoms with E-state index in [9.17, 15) is 4.79 Å². The highest BCUT2D eigenvalue weighted by atomic mass is 16.7. The number of nitrogens with one attached hydrogen (secondary N) is 1. The SMILES string of the molecule is CCN(Cc1cnc2ccccn12)C(=O)Nc1ccc2c(c1)OCO2. The van der Waals surface area contributed by atoms with Crippen molar-refractivity contribution in [2.45, 2.75) is 13.5 Å². The van der Waals surface area contributed by atoms with E-state index in [1.54, 1.807) is 29.3 Å². The predicted octanol–water partition coefficient (Wildman–Crippen LogP) is 3.12. The smallest absolute Gasteiger partial charge is 0.322 e. The van der Waals surface area contributed by atoms with Crippen LogP contribution in [0, 0.1) is 0 Å². The van der Waals surface area contributed by atoms with Gasteiger partial charge in [0.15, 0.2) is 11.5 Å². The van der Waals surface area contributed by atoms with Crippen molar-refractivity contribution < 1.29 is 14.3 Å². The molecule has 3 aromatic rings. The second kappa shape index (κ2) is 6.35. The zero-order valence-corrected chi connectivity index (χ0v) is 13.8. The molecule has 3 heterocycles. The molecule has 128 valence electrons. The summed E-state index contributed by atoms with van der Waals surface area (Å²) in [6.45, 7) is 3.21. The van der Waals surface area contributed by atoms with Gasteiger partial charge in [-0.05, 0) is 31.2 Å². The second-order valence-corrected chi connectivity index (χ2v) is 5.69. The number of urea groups is 1. The van der Waals surface area contributed by atoms with Gasteiger partial charge in [0.05, 0.1) is 18.4 Å². The summed E-state index contributed by atoms with van der Waals surface area (Å²) in [5, 5.41) is 2.90. The number of hydrogen-bond donors (Lipinski definition) is 1. The number of fused-ring (bicyclic) bond motifs is 2. The van der Waals surface area contributed by atoms with Crippen LogP contribution in [0.15, 0.2) is 48.8 Å². The summed E-state index contributed by atoms with van der Waals surface area (Å²) < 4.78 is 12.6. The standard InChI is InChI=1S/C18H18N4O3/c1-2-21(11-14-10-19-17-5-3-4-8-22(14)17)18(23)20-13-6-7-15-16(9-13)25-12-24-15/h3-10H,2,11-12H2,1H3,(H,20,23). The number of carbonyl (C=O) groups is 1. The van der Waals surface area contributed by atoms with Crippen LogP contribution in [0.5, 0.6) is 11.5 Å². The number of amides is 2. The molecule has 2 amide bonds. The van der Waals surface area contributed by atoms with Crippen molar-refractivity contribution in [3.8, 4) is 11.5 Å². The van der Waals surface area contributed by atoms with Crippen molar-refractivity contribution in [2.75, 3.05) is 18.7 Å². The number of rotatable bonds is 4. The van der Waals surface area contributed by atoms with Crippen molar-refractivity contribution in [1.82, 2.24) is 14.3 Å². The third-order valence-electron chi connectivity index (χ3n) is 4.14. The molecule has 0 radical (unpaired) electrons. The summed E-state index contributed by atoms with van der Waals surface area (Å²) in [6, 6.07) is 11.0. The number of benzene rings is 1. The normalized spacial score (nSPS) is 12.4. The van der Waals surface area contributed by atoms with Crippen LogP contribution in [0.1, 0.15) is 12.6 Å². The molecule has 0 spiro atoms. The molecular formula is C18H18N4O3. The first-order valence-electron chi connectivity index (χ1n) is 8.11. The van der Waals surface area contributed by atoms with Gasteiger partial charge < -0.3 is 24.1 Å². The lowest BCUT2D eigenvalue weighted by molar-refractivity contribution is 0.174. The maximum atomic E-state index is 12.6. The van der Waals surface area contributed by atoms with Crippen LogP contribution in [0.3, 0.4) is 0 Å². The first-order valence-corrected chi connectivity index (χ1v) is 8.11. The lowest BCUT2D eigenvalue weighted by Gasteiger charge is -2.21. The van der Waals surface area contributed by atoms with Crippen molar-refractivity contribution in [2.24, 2.45) is 0 Å². The van der Waals surface area contributed by atoms with Crippen LogP contribution in [-0.2, 0) is 6.54 Å². The molecule has 1 aliphatic heterocycles. The first kappa shape index (κ1) is 15.3. The Hall–Kier alpha value is -3.22. The number of aromatic nitrogens is 2. The molecule has 2 aromatic heterocycles. The molecule has 1 N–H and O–H groups in total. The van der Waals surface area contributed by atoms with Gasteiger partial charge in [-0.2, -0.15) is 0 Å². The Bertz CT molecular complexity index is 922. The molecule has 0 saturated carbocycles. The maximum absolute atomic E-state index is 12.6. The number of imidazole rings is 1. The molecule has 0 aliphatic carbocycles. The fourth-order valence-corrected chi connectivity index (χ4v) is 2.80. The van der Waals surface area contributed by atoms with Gasteiger partial charge in [0.1, 0.15) is 5.65 Å².